The highest BCUT2D eigenvalue weighted by Crippen LogP contribution is 2.19. The van der Waals surface area contributed by atoms with Crippen molar-refractivity contribution >= 4 is 22.5 Å². The largest absolute Gasteiger partial charge is 0.394 e. The fourth-order valence-electron chi connectivity index (χ4n) is 1.37. The van der Waals surface area contributed by atoms with E-state index in [4.69, 9.17) is 0 Å². The van der Waals surface area contributed by atoms with Gasteiger partial charge >= 0.3 is 6.03 Å². The van der Waals surface area contributed by atoms with Crippen LogP contribution in [0.1, 0.15) is 38.5 Å². The molecule has 1 aromatic heterocycles. The second kappa shape index (κ2) is 6.70. The maximum Gasteiger partial charge on any atom is 0.321 e. The van der Waals surface area contributed by atoms with Crippen molar-refractivity contribution in [2.75, 3.05) is 11.9 Å². The molecule has 1 unspecified atom stereocenters. The summed E-state index contributed by atoms with van der Waals surface area (Å²) in [7, 11) is 0. The number of urea groups is 1. The van der Waals surface area contributed by atoms with Crippen LogP contribution in [0, 0.1) is 0 Å². The fraction of sp³-hybridized carbons (Fsp3) is 0.667. The summed E-state index contributed by atoms with van der Waals surface area (Å²) in [6, 6.07) is -0.328. The van der Waals surface area contributed by atoms with Gasteiger partial charge in [-0.15, -0.1) is 11.3 Å². The number of nitrogens with one attached hydrogen (secondary N) is 2. The predicted molar refractivity (Wildman–Crippen MR) is 74.0 cm³/mol. The number of rotatable bonds is 6. The fourth-order valence-corrected chi connectivity index (χ4v) is 2.28. The van der Waals surface area contributed by atoms with Crippen molar-refractivity contribution in [1.82, 2.24) is 10.3 Å². The van der Waals surface area contributed by atoms with Crippen molar-refractivity contribution in [3.8, 4) is 0 Å². The number of aliphatic hydroxyl groups is 1. The van der Waals surface area contributed by atoms with Gasteiger partial charge in [-0.05, 0) is 19.8 Å². The smallest absolute Gasteiger partial charge is 0.321 e. The molecule has 0 aliphatic rings. The highest BCUT2D eigenvalue weighted by atomic mass is 32.1. The molecule has 102 valence electrons. The van der Waals surface area contributed by atoms with Gasteiger partial charge in [-0.1, -0.05) is 20.3 Å². The third kappa shape index (κ3) is 4.27. The number of anilines is 1. The first kappa shape index (κ1) is 14.9. The molecule has 1 heterocycles. The first-order valence-electron chi connectivity index (χ1n) is 6.17. The van der Waals surface area contributed by atoms with Crippen LogP contribution in [0.2, 0.25) is 0 Å². The highest BCUT2D eigenvalue weighted by molar-refractivity contribution is 7.15. The predicted octanol–water partition coefficient (Wildman–Crippen LogP) is 2.38. The van der Waals surface area contributed by atoms with Gasteiger partial charge in [0.25, 0.3) is 0 Å². The van der Waals surface area contributed by atoms with Gasteiger partial charge in [0.1, 0.15) is 0 Å². The third-order valence-electron chi connectivity index (χ3n) is 2.82. The lowest BCUT2D eigenvalue weighted by molar-refractivity contribution is 0.172. The highest BCUT2D eigenvalue weighted by Gasteiger charge is 2.23. The molecule has 0 spiro atoms. The molecule has 2 amide bonds. The number of hydrogen-bond donors (Lipinski definition) is 3. The molecule has 18 heavy (non-hydrogen) atoms. The van der Waals surface area contributed by atoms with Gasteiger partial charge in [-0.3, -0.25) is 5.32 Å². The van der Waals surface area contributed by atoms with E-state index < -0.39 is 5.54 Å². The van der Waals surface area contributed by atoms with E-state index in [2.05, 4.69) is 22.5 Å². The number of amides is 2. The topological polar surface area (TPSA) is 74.2 Å². The van der Waals surface area contributed by atoms with Crippen LogP contribution in [-0.4, -0.2) is 28.3 Å². The average Bonchev–Trinajstić information content (AvgIpc) is 2.76. The summed E-state index contributed by atoms with van der Waals surface area (Å²) in [5, 5.41) is 15.2. The minimum Gasteiger partial charge on any atom is -0.394 e. The van der Waals surface area contributed by atoms with E-state index in [1.807, 2.05) is 6.92 Å². The van der Waals surface area contributed by atoms with Crippen LogP contribution >= 0.6 is 11.3 Å². The van der Waals surface area contributed by atoms with Gasteiger partial charge in [0, 0.05) is 11.1 Å². The van der Waals surface area contributed by atoms with Crippen LogP contribution in [0.25, 0.3) is 0 Å². The summed E-state index contributed by atoms with van der Waals surface area (Å²) in [4.78, 5) is 17.0. The molecule has 0 aliphatic carbocycles. The van der Waals surface area contributed by atoms with E-state index in [0.717, 1.165) is 17.7 Å². The van der Waals surface area contributed by atoms with Gasteiger partial charge in [-0.2, -0.15) is 0 Å². The van der Waals surface area contributed by atoms with Crippen LogP contribution in [0.5, 0.6) is 0 Å². The van der Waals surface area contributed by atoms with E-state index in [1.165, 1.54) is 11.3 Å². The molecule has 1 atom stereocenters. The number of aromatic nitrogens is 1. The van der Waals surface area contributed by atoms with Crippen molar-refractivity contribution < 1.29 is 9.90 Å². The number of aliphatic hydroxyl groups excluding tert-OH is 1. The molecule has 1 rings (SSSR count). The summed E-state index contributed by atoms with van der Waals surface area (Å²) < 4.78 is 0. The van der Waals surface area contributed by atoms with Crippen LogP contribution in [0.4, 0.5) is 9.93 Å². The van der Waals surface area contributed by atoms with Crippen molar-refractivity contribution in [2.24, 2.45) is 0 Å². The van der Waals surface area contributed by atoms with E-state index in [1.54, 1.807) is 13.1 Å². The first-order chi connectivity index (χ1) is 8.53. The molecule has 5 nitrogen and oxygen atoms in total. The zero-order valence-electron chi connectivity index (χ0n) is 11.1. The van der Waals surface area contributed by atoms with Crippen LogP contribution in [-0.2, 0) is 6.42 Å². The average molecular weight is 271 g/mol. The number of aryl methyl sites for hydroxylation is 1. The van der Waals surface area contributed by atoms with E-state index in [-0.39, 0.29) is 12.6 Å². The molecular weight excluding hydrogens is 250 g/mol. The summed E-state index contributed by atoms with van der Waals surface area (Å²) >= 11 is 1.48. The van der Waals surface area contributed by atoms with Gasteiger partial charge in [-0.25, -0.2) is 9.78 Å². The minimum absolute atomic E-state index is 0.0874. The van der Waals surface area contributed by atoms with Gasteiger partial charge in [0.15, 0.2) is 5.13 Å². The molecule has 0 aromatic carbocycles. The summed E-state index contributed by atoms with van der Waals surface area (Å²) in [5.41, 5.74) is -0.590. The quantitative estimate of drug-likeness (QED) is 0.743. The second-order valence-electron chi connectivity index (χ2n) is 4.53. The number of hydrogen-bond acceptors (Lipinski definition) is 4. The van der Waals surface area contributed by atoms with Gasteiger partial charge < -0.3 is 10.4 Å². The molecule has 6 heteroatoms. The lowest BCUT2D eigenvalue weighted by Gasteiger charge is -2.26. The molecule has 0 fully saturated rings. The SMILES string of the molecule is CCCc1cnc(NC(=O)NC(C)(CC)CO)s1. The molecule has 0 bridgehead atoms. The number of carbonyl (C=O) groups excluding carboxylic acids is 1. The maximum absolute atomic E-state index is 11.7. The monoisotopic (exact) mass is 271 g/mol. The van der Waals surface area contributed by atoms with Gasteiger partial charge in [0.05, 0.1) is 12.1 Å². The number of nitrogens with zero attached hydrogens (tertiary/aromatic N) is 1. The Balaban J connectivity index is 2.53. The van der Waals surface area contributed by atoms with Gasteiger partial charge in [0.2, 0.25) is 0 Å². The molecule has 0 saturated carbocycles. The molecule has 0 aliphatic heterocycles. The lowest BCUT2D eigenvalue weighted by atomic mass is 10.0. The van der Waals surface area contributed by atoms with Crippen LogP contribution in [0.15, 0.2) is 6.20 Å². The van der Waals surface area contributed by atoms with E-state index in [9.17, 15) is 9.90 Å². The summed E-state index contributed by atoms with van der Waals surface area (Å²) in [6.45, 7) is 5.74. The van der Waals surface area contributed by atoms with Crippen molar-refractivity contribution in [2.45, 2.75) is 45.6 Å². The number of carbonyl (C=O) groups is 1. The second-order valence-corrected chi connectivity index (χ2v) is 5.65. The Morgan fingerprint density at radius 1 is 1.56 bits per heavy atom. The Kier molecular flexibility index (Phi) is 5.55. The van der Waals surface area contributed by atoms with Crippen LogP contribution in [0.3, 0.4) is 0 Å². The van der Waals surface area contributed by atoms with Crippen LogP contribution < -0.4 is 10.6 Å². The molecule has 0 saturated heterocycles. The van der Waals surface area contributed by atoms with E-state index >= 15 is 0 Å². The zero-order chi connectivity index (χ0) is 13.6. The molecular formula is C12H21N3O2S. The zero-order valence-corrected chi connectivity index (χ0v) is 11.9. The Morgan fingerprint density at radius 3 is 2.83 bits per heavy atom. The van der Waals surface area contributed by atoms with Crippen molar-refractivity contribution in [3.63, 3.8) is 0 Å². The third-order valence-corrected chi connectivity index (χ3v) is 3.79. The normalized spacial score (nSPS) is 14.0. The minimum atomic E-state index is -0.590. The Morgan fingerprint density at radius 2 is 2.28 bits per heavy atom. The summed E-state index contributed by atoms with van der Waals surface area (Å²) in [5.74, 6) is 0. The molecule has 0 radical (unpaired) electrons. The maximum atomic E-state index is 11.7. The Hall–Kier alpha value is -1.14. The first-order valence-corrected chi connectivity index (χ1v) is 6.99. The molecule has 3 N–H and O–H groups in total. The Bertz CT molecular complexity index is 388. The van der Waals surface area contributed by atoms with Crippen molar-refractivity contribution in [3.05, 3.63) is 11.1 Å². The Labute approximate surface area is 112 Å². The van der Waals surface area contributed by atoms with E-state index in [0.29, 0.717) is 11.6 Å². The summed E-state index contributed by atoms with van der Waals surface area (Å²) in [6.07, 6.45) is 4.49. The lowest BCUT2D eigenvalue weighted by Crippen LogP contribution is -2.50. The number of thiazole rings is 1. The van der Waals surface area contributed by atoms with Crippen molar-refractivity contribution in [1.29, 1.82) is 0 Å². The molecule has 1 aromatic rings. The standard InChI is InChI=1S/C12H21N3O2S/c1-4-6-9-7-13-11(18-9)14-10(17)15-12(3,5-2)8-16/h7,16H,4-6,8H2,1-3H3,(H2,13,14,15,17).